The minimum atomic E-state index is -0.375. The molecule has 0 bridgehead atoms. The first-order chi connectivity index (χ1) is 6.70. The van der Waals surface area contributed by atoms with Crippen LogP contribution < -0.4 is 5.63 Å². The number of hydrogen-bond acceptors (Lipinski definition) is 3. The minimum absolute atomic E-state index is 0.375. The molecule has 1 aromatic heterocycles. The summed E-state index contributed by atoms with van der Waals surface area (Å²) in [5, 5.41) is 0.416. The lowest BCUT2D eigenvalue weighted by molar-refractivity contribution is 0.546. The lowest BCUT2D eigenvalue weighted by Crippen LogP contribution is -2.08. The number of halogens is 1. The van der Waals surface area contributed by atoms with Crippen molar-refractivity contribution in [3.05, 3.63) is 39.9 Å². The Morgan fingerprint density at radius 2 is 2.29 bits per heavy atom. The lowest BCUT2D eigenvalue weighted by atomic mass is 10.2. The summed E-state index contributed by atoms with van der Waals surface area (Å²) >= 11 is 3.19. The van der Waals surface area contributed by atoms with Crippen LogP contribution in [-0.4, -0.2) is 4.98 Å². The molecule has 2 aromatic rings. The third-order valence-electron chi connectivity index (χ3n) is 1.94. The maximum Gasteiger partial charge on any atom is 0.359 e. The number of nitrogens with zero attached hydrogens (tertiary/aromatic N) is 1. The predicted molar refractivity (Wildman–Crippen MR) is 57.6 cm³/mol. The van der Waals surface area contributed by atoms with E-state index in [4.69, 9.17) is 4.42 Å². The molecule has 0 spiro atoms. The number of rotatable bonds is 1. The average Bonchev–Trinajstić information content (AvgIpc) is 2.16. The highest BCUT2D eigenvalue weighted by atomic mass is 79.9. The van der Waals surface area contributed by atoms with Crippen LogP contribution in [0.3, 0.4) is 0 Å². The van der Waals surface area contributed by atoms with Crippen molar-refractivity contribution in [3.63, 3.8) is 0 Å². The van der Waals surface area contributed by atoms with Crippen molar-refractivity contribution in [2.45, 2.75) is 12.3 Å². The molecule has 1 heterocycles. The minimum Gasteiger partial charge on any atom is -0.420 e. The van der Waals surface area contributed by atoms with Gasteiger partial charge in [-0.3, -0.25) is 0 Å². The number of alkyl halides is 1. The molecule has 14 heavy (non-hydrogen) atoms. The predicted octanol–water partition coefficient (Wildman–Crippen LogP) is 2.39. The number of aromatic nitrogens is 1. The molecule has 0 aliphatic rings. The summed E-state index contributed by atoms with van der Waals surface area (Å²) in [4.78, 5) is 15.5. The van der Waals surface area contributed by atoms with Gasteiger partial charge in [0.1, 0.15) is 11.2 Å². The van der Waals surface area contributed by atoms with E-state index in [9.17, 15) is 4.79 Å². The van der Waals surface area contributed by atoms with Crippen LogP contribution in [0.1, 0.15) is 11.3 Å². The third-order valence-corrected chi connectivity index (χ3v) is 2.47. The van der Waals surface area contributed by atoms with E-state index in [1.54, 1.807) is 0 Å². The quantitative estimate of drug-likeness (QED) is 0.734. The van der Waals surface area contributed by atoms with E-state index >= 15 is 0 Å². The second-order valence-electron chi connectivity index (χ2n) is 3.05. The third kappa shape index (κ3) is 1.57. The van der Waals surface area contributed by atoms with Gasteiger partial charge in [-0.2, -0.15) is 0 Å². The Bertz CT molecular complexity index is 533. The Balaban J connectivity index is 2.79. The molecular weight excluding hydrogens is 246 g/mol. The molecule has 72 valence electrons. The van der Waals surface area contributed by atoms with Crippen molar-refractivity contribution in [1.82, 2.24) is 4.98 Å². The van der Waals surface area contributed by atoms with Gasteiger partial charge in [0.2, 0.25) is 0 Å². The van der Waals surface area contributed by atoms with Crippen LogP contribution in [0.5, 0.6) is 0 Å². The first kappa shape index (κ1) is 9.40. The maximum atomic E-state index is 11.3. The van der Waals surface area contributed by atoms with Crippen LogP contribution >= 0.6 is 15.9 Å². The van der Waals surface area contributed by atoms with Gasteiger partial charge < -0.3 is 4.42 Å². The molecule has 0 aliphatic carbocycles. The molecular formula is C10H8BrNO2. The number of fused-ring (bicyclic) bond motifs is 1. The summed E-state index contributed by atoms with van der Waals surface area (Å²) in [5.41, 5.74) is 2.33. The molecule has 0 aliphatic heterocycles. The number of benzene rings is 1. The van der Waals surface area contributed by atoms with E-state index in [2.05, 4.69) is 20.9 Å². The Labute approximate surface area is 88.9 Å². The molecule has 0 fully saturated rings. The van der Waals surface area contributed by atoms with Gasteiger partial charge in [0.05, 0.1) is 5.33 Å². The Kier molecular flexibility index (Phi) is 2.37. The van der Waals surface area contributed by atoms with Gasteiger partial charge in [-0.05, 0) is 24.6 Å². The van der Waals surface area contributed by atoms with E-state index in [0.717, 1.165) is 5.56 Å². The molecule has 0 radical (unpaired) electrons. The summed E-state index contributed by atoms with van der Waals surface area (Å²) in [6, 6.07) is 5.59. The summed E-state index contributed by atoms with van der Waals surface area (Å²) in [7, 11) is 0. The highest BCUT2D eigenvalue weighted by molar-refractivity contribution is 9.08. The molecule has 0 atom stereocenters. The van der Waals surface area contributed by atoms with Crippen LogP contribution in [0.25, 0.3) is 11.1 Å². The fourth-order valence-corrected chi connectivity index (χ4v) is 1.58. The van der Waals surface area contributed by atoms with Crippen molar-refractivity contribution in [2.24, 2.45) is 0 Å². The molecule has 0 saturated heterocycles. The van der Waals surface area contributed by atoms with Gasteiger partial charge in [-0.25, -0.2) is 9.78 Å². The zero-order valence-electron chi connectivity index (χ0n) is 7.58. The van der Waals surface area contributed by atoms with Crippen molar-refractivity contribution in [1.29, 1.82) is 0 Å². The van der Waals surface area contributed by atoms with Crippen molar-refractivity contribution < 1.29 is 4.42 Å². The van der Waals surface area contributed by atoms with E-state index in [1.165, 1.54) is 0 Å². The van der Waals surface area contributed by atoms with Gasteiger partial charge in [-0.1, -0.05) is 22.0 Å². The van der Waals surface area contributed by atoms with Crippen LogP contribution in [-0.2, 0) is 5.33 Å². The van der Waals surface area contributed by atoms with Gasteiger partial charge in [-0.15, -0.1) is 0 Å². The summed E-state index contributed by atoms with van der Waals surface area (Å²) < 4.78 is 5.12. The highest BCUT2D eigenvalue weighted by Crippen LogP contribution is 2.12. The smallest absolute Gasteiger partial charge is 0.359 e. The van der Waals surface area contributed by atoms with E-state index in [0.29, 0.717) is 22.1 Å². The summed E-state index contributed by atoms with van der Waals surface area (Å²) in [5.74, 6) is 0. The molecule has 4 heteroatoms. The molecule has 0 unspecified atom stereocenters. The van der Waals surface area contributed by atoms with E-state index < -0.39 is 0 Å². The van der Waals surface area contributed by atoms with Gasteiger partial charge in [0, 0.05) is 0 Å². The first-order valence-electron chi connectivity index (χ1n) is 4.17. The molecule has 0 amide bonds. The monoisotopic (exact) mass is 253 g/mol. The molecule has 0 saturated carbocycles. The maximum absolute atomic E-state index is 11.3. The Morgan fingerprint density at radius 3 is 3.00 bits per heavy atom. The lowest BCUT2D eigenvalue weighted by Gasteiger charge is -1.98. The van der Waals surface area contributed by atoms with Gasteiger partial charge in [0.25, 0.3) is 0 Å². The zero-order chi connectivity index (χ0) is 10.1. The SMILES string of the molecule is Cc1ccc2nc(CBr)c(=O)oc2c1. The second kappa shape index (κ2) is 3.53. The Morgan fingerprint density at radius 1 is 1.50 bits per heavy atom. The summed E-state index contributed by atoms with van der Waals surface area (Å²) in [6.45, 7) is 1.94. The molecule has 0 N–H and O–H groups in total. The van der Waals surface area contributed by atoms with Crippen molar-refractivity contribution in [2.75, 3.05) is 0 Å². The van der Waals surface area contributed by atoms with Crippen LogP contribution in [0.4, 0.5) is 0 Å². The van der Waals surface area contributed by atoms with Crippen LogP contribution in [0, 0.1) is 6.92 Å². The highest BCUT2D eigenvalue weighted by Gasteiger charge is 2.05. The zero-order valence-corrected chi connectivity index (χ0v) is 9.17. The fourth-order valence-electron chi connectivity index (χ4n) is 1.23. The molecule has 3 nitrogen and oxygen atoms in total. The van der Waals surface area contributed by atoms with E-state index in [-0.39, 0.29) is 5.63 Å². The topological polar surface area (TPSA) is 43.1 Å². The van der Waals surface area contributed by atoms with Crippen LogP contribution in [0.2, 0.25) is 0 Å². The standard InChI is InChI=1S/C10H8BrNO2/c1-6-2-3-7-9(4-6)14-10(13)8(5-11)12-7/h2-4H,5H2,1H3. The van der Waals surface area contributed by atoms with Crippen molar-refractivity contribution >= 4 is 27.0 Å². The van der Waals surface area contributed by atoms with Gasteiger partial charge >= 0.3 is 5.63 Å². The van der Waals surface area contributed by atoms with Crippen molar-refractivity contribution in [3.8, 4) is 0 Å². The average molecular weight is 254 g/mol. The second-order valence-corrected chi connectivity index (χ2v) is 3.61. The molecule has 2 rings (SSSR count). The Hall–Kier alpha value is -1.16. The normalized spacial score (nSPS) is 10.7. The molecule has 1 aromatic carbocycles. The largest absolute Gasteiger partial charge is 0.420 e. The number of hydrogen-bond donors (Lipinski definition) is 0. The van der Waals surface area contributed by atoms with E-state index in [1.807, 2.05) is 25.1 Å². The van der Waals surface area contributed by atoms with Crippen LogP contribution in [0.15, 0.2) is 27.4 Å². The number of aryl methyl sites for hydroxylation is 1. The van der Waals surface area contributed by atoms with Gasteiger partial charge in [0.15, 0.2) is 5.58 Å². The summed E-state index contributed by atoms with van der Waals surface area (Å²) in [6.07, 6.45) is 0. The fraction of sp³-hybridized carbons (Fsp3) is 0.200. The first-order valence-corrected chi connectivity index (χ1v) is 5.29.